The van der Waals surface area contributed by atoms with Crippen LogP contribution in [0.25, 0.3) is 0 Å². The van der Waals surface area contributed by atoms with Crippen LogP contribution in [0.15, 0.2) is 36.9 Å². The van der Waals surface area contributed by atoms with Crippen molar-refractivity contribution in [2.75, 3.05) is 13.7 Å². The molecule has 3 atom stereocenters. The fourth-order valence-electron chi connectivity index (χ4n) is 2.80. The molecule has 1 rings (SSSR count). The van der Waals surface area contributed by atoms with E-state index in [4.69, 9.17) is 13.9 Å². The summed E-state index contributed by atoms with van der Waals surface area (Å²) in [6.07, 6.45) is 1.68. The van der Waals surface area contributed by atoms with Crippen molar-refractivity contribution in [2.24, 2.45) is 11.3 Å². The standard InChI is InChI=1S/C25H44O4Si/c1-11-19(2)22(26)16-23(28-17-20-12-14-21(27-8)15-13-20)25(6,7)18-29-30(9,10)24(3,4)5/h11-15,19,22-23,26H,1,16-18H2,2-10H3/t19-,22-,23-/m0/s1. The normalized spacial score (nSPS) is 16.1. The molecular weight excluding hydrogens is 392 g/mol. The summed E-state index contributed by atoms with van der Waals surface area (Å²) in [6, 6.07) is 7.90. The van der Waals surface area contributed by atoms with E-state index in [0.29, 0.717) is 19.6 Å². The smallest absolute Gasteiger partial charge is 0.192 e. The number of aliphatic hydroxyl groups excluding tert-OH is 1. The van der Waals surface area contributed by atoms with Crippen molar-refractivity contribution in [3.63, 3.8) is 0 Å². The monoisotopic (exact) mass is 436 g/mol. The van der Waals surface area contributed by atoms with E-state index >= 15 is 0 Å². The summed E-state index contributed by atoms with van der Waals surface area (Å²) in [5.74, 6) is 0.836. The molecule has 4 nitrogen and oxygen atoms in total. The number of hydrogen-bond acceptors (Lipinski definition) is 4. The SMILES string of the molecule is C=C[C@H](C)[C@@H](O)C[C@H](OCc1ccc(OC)cc1)C(C)(C)CO[Si](C)(C)C(C)(C)C. The molecule has 0 radical (unpaired) electrons. The van der Waals surface area contributed by atoms with Gasteiger partial charge in [-0.3, -0.25) is 0 Å². The van der Waals surface area contributed by atoms with Gasteiger partial charge in [0, 0.05) is 18.4 Å². The summed E-state index contributed by atoms with van der Waals surface area (Å²) in [6.45, 7) is 22.5. The first-order chi connectivity index (χ1) is 13.7. The lowest BCUT2D eigenvalue weighted by Gasteiger charge is -2.42. The lowest BCUT2D eigenvalue weighted by molar-refractivity contribution is -0.0803. The summed E-state index contributed by atoms with van der Waals surface area (Å²) < 4.78 is 18.1. The lowest BCUT2D eigenvalue weighted by atomic mass is 9.82. The molecule has 1 N–H and O–H groups in total. The zero-order valence-electron chi connectivity index (χ0n) is 20.6. The molecule has 0 saturated carbocycles. The molecule has 1 aromatic rings. The van der Waals surface area contributed by atoms with Gasteiger partial charge in [-0.1, -0.05) is 59.8 Å². The minimum Gasteiger partial charge on any atom is -0.497 e. The molecule has 1 aromatic carbocycles. The Hall–Kier alpha value is -1.14. The highest BCUT2D eigenvalue weighted by Gasteiger charge is 2.41. The maximum Gasteiger partial charge on any atom is 0.192 e. The summed E-state index contributed by atoms with van der Waals surface area (Å²) in [5.41, 5.74) is 0.831. The molecule has 0 amide bonds. The topological polar surface area (TPSA) is 47.9 Å². The van der Waals surface area contributed by atoms with Gasteiger partial charge in [0.05, 0.1) is 25.9 Å². The van der Waals surface area contributed by atoms with Gasteiger partial charge in [-0.15, -0.1) is 6.58 Å². The van der Waals surface area contributed by atoms with Crippen molar-refractivity contribution in [1.29, 1.82) is 0 Å². The molecule has 0 saturated heterocycles. The predicted octanol–water partition coefficient (Wildman–Crippen LogP) is 6.20. The Morgan fingerprint density at radius 1 is 1.10 bits per heavy atom. The molecule has 0 aromatic heterocycles. The maximum atomic E-state index is 10.7. The van der Waals surface area contributed by atoms with E-state index in [1.165, 1.54) is 0 Å². The second kappa shape index (κ2) is 10.9. The summed E-state index contributed by atoms with van der Waals surface area (Å²) >= 11 is 0. The molecule has 0 unspecified atom stereocenters. The quantitative estimate of drug-likeness (QED) is 0.313. The Balaban J connectivity index is 2.94. The van der Waals surface area contributed by atoms with Crippen LogP contribution < -0.4 is 4.74 Å². The number of benzene rings is 1. The Morgan fingerprint density at radius 3 is 2.13 bits per heavy atom. The average Bonchev–Trinajstić information content (AvgIpc) is 2.68. The molecule has 0 spiro atoms. The van der Waals surface area contributed by atoms with Crippen LogP contribution in [0.1, 0.15) is 53.5 Å². The van der Waals surface area contributed by atoms with Crippen molar-refractivity contribution in [3.05, 3.63) is 42.5 Å². The predicted molar refractivity (Wildman–Crippen MR) is 128 cm³/mol. The minimum atomic E-state index is -1.87. The van der Waals surface area contributed by atoms with E-state index in [0.717, 1.165) is 11.3 Å². The summed E-state index contributed by atoms with van der Waals surface area (Å²) in [5, 5.41) is 10.8. The molecule has 0 heterocycles. The Kier molecular flexibility index (Phi) is 9.81. The molecule has 0 bridgehead atoms. The van der Waals surface area contributed by atoms with E-state index in [2.05, 4.69) is 54.3 Å². The fraction of sp³-hybridized carbons (Fsp3) is 0.680. The van der Waals surface area contributed by atoms with E-state index in [9.17, 15) is 5.11 Å². The zero-order valence-corrected chi connectivity index (χ0v) is 21.6. The van der Waals surface area contributed by atoms with Gasteiger partial charge in [-0.25, -0.2) is 0 Å². The number of aliphatic hydroxyl groups is 1. The molecule has 5 heteroatoms. The Labute approximate surface area is 185 Å². The van der Waals surface area contributed by atoms with Crippen LogP contribution in [0.2, 0.25) is 18.1 Å². The van der Waals surface area contributed by atoms with E-state index < -0.39 is 14.4 Å². The Bertz CT molecular complexity index is 646. The molecule has 30 heavy (non-hydrogen) atoms. The second-order valence-corrected chi connectivity index (χ2v) is 15.4. The molecule has 172 valence electrons. The van der Waals surface area contributed by atoms with Crippen LogP contribution in [-0.4, -0.2) is 39.3 Å². The van der Waals surface area contributed by atoms with Gasteiger partial charge in [-0.2, -0.15) is 0 Å². The first kappa shape index (κ1) is 26.9. The van der Waals surface area contributed by atoms with Crippen molar-refractivity contribution in [3.8, 4) is 5.75 Å². The highest BCUT2D eigenvalue weighted by molar-refractivity contribution is 6.74. The molecule has 0 fully saturated rings. The fourth-order valence-corrected chi connectivity index (χ4v) is 3.96. The molecular formula is C25H44O4Si. The van der Waals surface area contributed by atoms with E-state index in [1.54, 1.807) is 13.2 Å². The number of hydrogen-bond donors (Lipinski definition) is 1. The van der Waals surface area contributed by atoms with Crippen LogP contribution in [-0.2, 0) is 15.8 Å². The third kappa shape index (κ3) is 7.84. The van der Waals surface area contributed by atoms with Crippen LogP contribution in [0.5, 0.6) is 5.75 Å². The highest BCUT2D eigenvalue weighted by atomic mass is 28.4. The lowest BCUT2D eigenvalue weighted by Crippen LogP contribution is -2.46. The number of rotatable bonds is 12. The van der Waals surface area contributed by atoms with Gasteiger partial charge >= 0.3 is 0 Å². The summed E-state index contributed by atoms with van der Waals surface area (Å²) in [7, 11) is -0.213. The third-order valence-corrected chi connectivity index (χ3v) is 11.0. The first-order valence-electron chi connectivity index (χ1n) is 10.9. The van der Waals surface area contributed by atoms with Crippen molar-refractivity contribution < 1.29 is 19.0 Å². The van der Waals surface area contributed by atoms with Gasteiger partial charge in [0.15, 0.2) is 8.32 Å². The Morgan fingerprint density at radius 2 is 1.67 bits per heavy atom. The van der Waals surface area contributed by atoms with Crippen molar-refractivity contribution in [1.82, 2.24) is 0 Å². The maximum absolute atomic E-state index is 10.7. The highest BCUT2D eigenvalue weighted by Crippen LogP contribution is 2.39. The zero-order chi connectivity index (χ0) is 23.2. The average molecular weight is 437 g/mol. The van der Waals surface area contributed by atoms with Gasteiger partial charge in [0.25, 0.3) is 0 Å². The van der Waals surface area contributed by atoms with E-state index in [-0.39, 0.29) is 22.5 Å². The third-order valence-electron chi connectivity index (χ3n) is 6.53. The minimum absolute atomic E-state index is 0.00851. The number of methoxy groups -OCH3 is 1. The van der Waals surface area contributed by atoms with Crippen LogP contribution in [0.3, 0.4) is 0 Å². The van der Waals surface area contributed by atoms with Crippen LogP contribution >= 0.6 is 0 Å². The molecule has 0 aliphatic carbocycles. The number of ether oxygens (including phenoxy) is 2. The van der Waals surface area contributed by atoms with E-state index in [1.807, 2.05) is 31.2 Å². The largest absolute Gasteiger partial charge is 0.497 e. The first-order valence-corrected chi connectivity index (χ1v) is 13.8. The van der Waals surface area contributed by atoms with Crippen LogP contribution in [0, 0.1) is 11.3 Å². The van der Waals surface area contributed by atoms with Gasteiger partial charge in [-0.05, 0) is 41.7 Å². The van der Waals surface area contributed by atoms with Gasteiger partial charge in [0.2, 0.25) is 0 Å². The second-order valence-electron chi connectivity index (χ2n) is 10.6. The van der Waals surface area contributed by atoms with Crippen LogP contribution in [0.4, 0.5) is 0 Å². The van der Waals surface area contributed by atoms with Gasteiger partial charge in [0.1, 0.15) is 5.75 Å². The summed E-state index contributed by atoms with van der Waals surface area (Å²) in [4.78, 5) is 0. The van der Waals surface area contributed by atoms with Crippen molar-refractivity contribution in [2.45, 2.75) is 84.9 Å². The van der Waals surface area contributed by atoms with Crippen molar-refractivity contribution >= 4 is 8.32 Å². The molecule has 0 aliphatic heterocycles. The molecule has 0 aliphatic rings. The van der Waals surface area contributed by atoms with Gasteiger partial charge < -0.3 is 19.0 Å².